The van der Waals surface area contributed by atoms with Crippen LogP contribution in [0.3, 0.4) is 0 Å². The molecule has 1 N–H and O–H groups in total. The maximum Gasteiger partial charge on any atom is 0.413 e. The lowest BCUT2D eigenvalue weighted by Gasteiger charge is -2.32. The summed E-state index contributed by atoms with van der Waals surface area (Å²) in [7, 11) is 1.46. The van der Waals surface area contributed by atoms with E-state index in [2.05, 4.69) is 26.1 Å². The quantitative estimate of drug-likeness (QED) is 0.109. The Kier molecular flexibility index (Phi) is 10.6. The van der Waals surface area contributed by atoms with E-state index in [1.807, 2.05) is 17.9 Å². The summed E-state index contributed by atoms with van der Waals surface area (Å²) in [6.07, 6.45) is 7.62. The number of methoxy groups -OCH3 is 1. The van der Waals surface area contributed by atoms with E-state index in [0.29, 0.717) is 29.7 Å². The highest BCUT2D eigenvalue weighted by atomic mass is 19.1. The number of anilines is 2. The van der Waals surface area contributed by atoms with Crippen molar-refractivity contribution in [3.63, 3.8) is 0 Å². The maximum absolute atomic E-state index is 17.6. The molecule has 3 atom stereocenters. The highest BCUT2D eigenvalue weighted by Gasteiger charge is 2.49. The zero-order valence-corrected chi connectivity index (χ0v) is 33.4. The first-order valence-electron chi connectivity index (χ1n) is 19.4. The summed E-state index contributed by atoms with van der Waals surface area (Å²) >= 11 is 0. The molecule has 2 fully saturated rings. The number of ether oxygens (including phenoxy) is 5. The van der Waals surface area contributed by atoms with E-state index in [0.717, 1.165) is 19.4 Å². The number of hydrogen-bond donors (Lipinski definition) is 1. The second kappa shape index (κ2) is 15.7. The van der Waals surface area contributed by atoms with E-state index in [1.165, 1.54) is 25.3 Å². The van der Waals surface area contributed by atoms with Crippen LogP contribution in [0, 0.1) is 24.0 Å². The molecule has 2 aromatic carbocycles. The molecule has 0 radical (unpaired) electrons. The van der Waals surface area contributed by atoms with E-state index >= 15 is 8.78 Å². The van der Waals surface area contributed by atoms with Crippen LogP contribution in [0.25, 0.3) is 32.9 Å². The van der Waals surface area contributed by atoms with Gasteiger partial charge < -0.3 is 28.6 Å². The molecule has 0 saturated carbocycles. The number of nitrogens with zero attached hydrogens (tertiary/aromatic N) is 6. The molecule has 308 valence electrons. The lowest BCUT2D eigenvalue weighted by Crippen LogP contribution is -2.43. The van der Waals surface area contributed by atoms with E-state index in [4.69, 9.17) is 40.1 Å². The molecular formula is C43H44F3N7O6. The fourth-order valence-electron chi connectivity index (χ4n) is 8.41. The number of alkyl halides is 1. The Balaban J connectivity index is 1.30. The Morgan fingerprint density at radius 2 is 1.97 bits per heavy atom. The number of amides is 1. The number of nitrogens with one attached hydrogen (secondary N) is 1. The number of hydrogen-bond acceptors (Lipinski definition) is 12. The number of pyridine rings is 2. The van der Waals surface area contributed by atoms with Crippen LogP contribution >= 0.6 is 0 Å². The first kappa shape index (κ1) is 39.9. The summed E-state index contributed by atoms with van der Waals surface area (Å²) in [6, 6.07) is 8.76. The largest absolute Gasteiger partial charge is 0.475 e. The van der Waals surface area contributed by atoms with Gasteiger partial charge in [-0.1, -0.05) is 18.1 Å². The standard InChI is InChI=1S/C43H44F3N7O6/c1-7-28-31(45)12-11-25-18-27(58-23-55-6)19-30(32(25)28)35-34(46)36-33-38(51-40(49-36)57-22-43-13-9-15-52(43)21-26(44)20-43)53(16-17-56-39(33)48-35)24(2)29-10-8-14-47-37(29)50-41(54)59-42(3,4)5/h1,8,10-12,14,18-19,24,26H,9,13,15-17,20-23H2,2-6H3,(H,47,50,54)/t24-,26-,43+/m1/s1. The van der Waals surface area contributed by atoms with Gasteiger partial charge in [-0.05, 0) is 76.7 Å². The van der Waals surface area contributed by atoms with Gasteiger partial charge in [0.2, 0.25) is 5.88 Å². The number of halogens is 3. The van der Waals surface area contributed by atoms with Crippen LogP contribution in [0.2, 0.25) is 0 Å². The van der Waals surface area contributed by atoms with Gasteiger partial charge in [0.1, 0.15) is 64.8 Å². The van der Waals surface area contributed by atoms with Gasteiger partial charge in [-0.3, -0.25) is 10.2 Å². The van der Waals surface area contributed by atoms with Crippen molar-refractivity contribution in [1.29, 1.82) is 0 Å². The Morgan fingerprint density at radius 3 is 2.75 bits per heavy atom. The van der Waals surface area contributed by atoms with Crippen LogP contribution < -0.4 is 24.4 Å². The van der Waals surface area contributed by atoms with Crippen molar-refractivity contribution in [3.8, 4) is 41.2 Å². The van der Waals surface area contributed by atoms with Crippen molar-refractivity contribution in [2.75, 3.05) is 57.0 Å². The summed E-state index contributed by atoms with van der Waals surface area (Å²) in [4.78, 5) is 35.6. The van der Waals surface area contributed by atoms with Crippen molar-refractivity contribution in [2.45, 2.75) is 70.3 Å². The molecular weight excluding hydrogens is 768 g/mol. The van der Waals surface area contributed by atoms with Gasteiger partial charge in [-0.25, -0.2) is 27.9 Å². The molecule has 0 spiro atoms. The molecule has 8 rings (SSSR count). The third-order valence-corrected chi connectivity index (χ3v) is 10.9. The molecule has 1 amide bonds. The molecule has 0 bridgehead atoms. The lowest BCUT2D eigenvalue weighted by atomic mass is 9.95. The monoisotopic (exact) mass is 811 g/mol. The van der Waals surface area contributed by atoms with Gasteiger partial charge in [0, 0.05) is 42.8 Å². The fourth-order valence-corrected chi connectivity index (χ4v) is 8.41. The lowest BCUT2D eigenvalue weighted by molar-refractivity contribution is 0.0512. The Labute approximate surface area is 339 Å². The normalized spacial score (nSPS) is 19.5. The summed E-state index contributed by atoms with van der Waals surface area (Å²) < 4.78 is 76.7. The average molecular weight is 812 g/mol. The van der Waals surface area contributed by atoms with Gasteiger partial charge in [0.15, 0.2) is 12.6 Å². The van der Waals surface area contributed by atoms with Gasteiger partial charge in [0.05, 0.1) is 23.7 Å². The highest BCUT2D eigenvalue weighted by molar-refractivity contribution is 6.04. The van der Waals surface area contributed by atoms with E-state index in [1.54, 1.807) is 39.1 Å². The first-order valence-corrected chi connectivity index (χ1v) is 19.4. The third-order valence-electron chi connectivity index (χ3n) is 10.9. The molecule has 3 aromatic heterocycles. The number of benzene rings is 2. The molecule has 3 aliphatic heterocycles. The molecule has 6 heterocycles. The Morgan fingerprint density at radius 1 is 1.14 bits per heavy atom. The number of rotatable bonds is 10. The van der Waals surface area contributed by atoms with Crippen molar-refractivity contribution in [3.05, 3.63) is 65.4 Å². The smallest absolute Gasteiger partial charge is 0.413 e. The molecule has 2 saturated heterocycles. The molecule has 3 aliphatic rings. The molecule has 0 unspecified atom stereocenters. The molecule has 59 heavy (non-hydrogen) atoms. The first-order chi connectivity index (χ1) is 28.3. The van der Waals surface area contributed by atoms with Gasteiger partial charge in [0.25, 0.3) is 0 Å². The molecule has 13 nitrogen and oxygen atoms in total. The summed E-state index contributed by atoms with van der Waals surface area (Å²) in [5, 5.41) is 3.61. The average Bonchev–Trinajstić information content (AvgIpc) is 3.66. The Bertz CT molecular complexity index is 2490. The predicted octanol–water partition coefficient (Wildman–Crippen LogP) is 7.74. The van der Waals surface area contributed by atoms with Crippen LogP contribution in [-0.2, 0) is 9.47 Å². The number of aromatic nitrogens is 4. The third kappa shape index (κ3) is 7.60. The highest BCUT2D eigenvalue weighted by Crippen LogP contribution is 2.45. The van der Waals surface area contributed by atoms with Crippen molar-refractivity contribution < 1.29 is 41.7 Å². The number of carbonyl (C=O) groups excluding carboxylic acids is 1. The molecule has 5 aromatic rings. The number of terminal acetylenes is 1. The number of carbonyl (C=O) groups is 1. The van der Waals surface area contributed by atoms with Crippen LogP contribution in [0.4, 0.5) is 29.6 Å². The van der Waals surface area contributed by atoms with Crippen molar-refractivity contribution in [2.24, 2.45) is 0 Å². The minimum absolute atomic E-state index is 0.0117. The SMILES string of the molecule is C#Cc1c(F)ccc2cc(OCOC)cc(-c3nc4c5c(nc(OC[C@@]67CCCN6C[C@H](F)C7)nc5c3F)N([C@H](C)c3cccnc3NC(=O)OC(C)(C)C)CCO4)c12. The second-order valence-electron chi connectivity index (χ2n) is 16.0. The van der Waals surface area contributed by atoms with Crippen molar-refractivity contribution in [1.82, 2.24) is 24.8 Å². The fraction of sp³-hybridized carbons (Fsp3) is 0.419. The van der Waals surface area contributed by atoms with Gasteiger partial charge in [-0.2, -0.15) is 9.97 Å². The minimum Gasteiger partial charge on any atom is -0.475 e. The van der Waals surface area contributed by atoms with Crippen molar-refractivity contribution >= 4 is 39.4 Å². The molecule has 0 aliphatic carbocycles. The minimum atomic E-state index is -0.998. The zero-order valence-electron chi connectivity index (χ0n) is 33.4. The zero-order chi connectivity index (χ0) is 41.6. The van der Waals surface area contributed by atoms with Crippen LogP contribution in [0.1, 0.15) is 64.1 Å². The summed E-state index contributed by atoms with van der Waals surface area (Å²) in [5.74, 6) is 1.65. The van der Waals surface area contributed by atoms with E-state index in [9.17, 15) is 9.18 Å². The van der Waals surface area contributed by atoms with E-state index in [-0.39, 0.29) is 83.2 Å². The van der Waals surface area contributed by atoms with Gasteiger partial charge >= 0.3 is 12.1 Å². The summed E-state index contributed by atoms with van der Waals surface area (Å²) in [6.45, 7) is 8.48. The van der Waals surface area contributed by atoms with Crippen LogP contribution in [0.15, 0.2) is 42.6 Å². The van der Waals surface area contributed by atoms with Gasteiger partial charge in [-0.15, -0.1) is 6.42 Å². The van der Waals surface area contributed by atoms with Crippen LogP contribution in [-0.4, -0.2) is 95.0 Å². The molecule has 16 heteroatoms. The van der Waals surface area contributed by atoms with Crippen LogP contribution in [0.5, 0.6) is 17.6 Å². The second-order valence-corrected chi connectivity index (χ2v) is 16.0. The van der Waals surface area contributed by atoms with E-state index < -0.39 is 41.1 Å². The predicted molar refractivity (Wildman–Crippen MR) is 215 cm³/mol. The topological polar surface area (TPSA) is 133 Å². The Hall–Kier alpha value is -5.92. The number of fused-ring (bicyclic) bond motifs is 2. The maximum atomic E-state index is 17.6. The summed E-state index contributed by atoms with van der Waals surface area (Å²) in [5.41, 5.74) is -1.08.